The molecule has 2 aromatic heterocycles. The lowest BCUT2D eigenvalue weighted by atomic mass is 10.1. The molecular weight excluding hydrogens is 268 g/mol. The molecule has 0 aliphatic carbocycles. The Balaban J connectivity index is 1.77. The van der Waals surface area contributed by atoms with Crippen molar-refractivity contribution in [2.45, 2.75) is 6.54 Å². The molecule has 3 aromatic rings. The molecule has 4 rings (SSSR count). The SMILES string of the molecule is c1ccc2c(c1)CN(c1ncnc3sccc13)CCN2. The molecule has 0 radical (unpaired) electrons. The van der Waals surface area contributed by atoms with Gasteiger partial charge >= 0.3 is 0 Å². The molecule has 100 valence electrons. The van der Waals surface area contributed by atoms with Gasteiger partial charge in [0.15, 0.2) is 0 Å². The van der Waals surface area contributed by atoms with Crippen molar-refractivity contribution in [1.29, 1.82) is 0 Å². The number of rotatable bonds is 1. The summed E-state index contributed by atoms with van der Waals surface area (Å²) in [6, 6.07) is 10.6. The van der Waals surface area contributed by atoms with Crippen molar-refractivity contribution in [1.82, 2.24) is 9.97 Å². The molecular formula is C15H14N4S. The van der Waals surface area contributed by atoms with Crippen LogP contribution in [0.25, 0.3) is 10.2 Å². The molecule has 0 atom stereocenters. The van der Waals surface area contributed by atoms with Crippen LogP contribution in [0.1, 0.15) is 5.56 Å². The van der Waals surface area contributed by atoms with E-state index in [0.717, 1.165) is 35.7 Å². The molecule has 20 heavy (non-hydrogen) atoms. The van der Waals surface area contributed by atoms with Gasteiger partial charge in [-0.05, 0) is 23.1 Å². The van der Waals surface area contributed by atoms with E-state index in [1.807, 2.05) is 0 Å². The summed E-state index contributed by atoms with van der Waals surface area (Å²) >= 11 is 1.66. The number of benzene rings is 1. The van der Waals surface area contributed by atoms with Gasteiger partial charge in [-0.1, -0.05) is 18.2 Å². The number of nitrogens with zero attached hydrogens (tertiary/aromatic N) is 3. The van der Waals surface area contributed by atoms with Crippen LogP contribution in [-0.2, 0) is 6.54 Å². The summed E-state index contributed by atoms with van der Waals surface area (Å²) in [5, 5.41) is 6.71. The number of para-hydroxylation sites is 1. The Bertz CT molecular complexity index is 752. The van der Waals surface area contributed by atoms with E-state index in [2.05, 4.69) is 55.9 Å². The van der Waals surface area contributed by atoms with Gasteiger partial charge in [0.25, 0.3) is 0 Å². The Labute approximate surface area is 121 Å². The molecule has 3 heterocycles. The zero-order chi connectivity index (χ0) is 13.4. The average molecular weight is 282 g/mol. The van der Waals surface area contributed by atoms with Gasteiger partial charge in [-0.25, -0.2) is 9.97 Å². The van der Waals surface area contributed by atoms with Crippen LogP contribution in [0, 0.1) is 0 Å². The topological polar surface area (TPSA) is 41.1 Å². The Kier molecular flexibility index (Phi) is 2.77. The first-order valence-electron chi connectivity index (χ1n) is 6.67. The predicted octanol–water partition coefficient (Wildman–Crippen LogP) is 3.12. The van der Waals surface area contributed by atoms with E-state index in [1.54, 1.807) is 17.7 Å². The molecule has 0 amide bonds. The van der Waals surface area contributed by atoms with Gasteiger partial charge in [0.2, 0.25) is 0 Å². The third-order valence-corrected chi connectivity index (χ3v) is 4.44. The number of hydrogen-bond donors (Lipinski definition) is 1. The van der Waals surface area contributed by atoms with Gasteiger partial charge in [0.1, 0.15) is 17.0 Å². The summed E-state index contributed by atoms with van der Waals surface area (Å²) in [5.41, 5.74) is 2.54. The first-order valence-corrected chi connectivity index (χ1v) is 7.55. The van der Waals surface area contributed by atoms with Crippen molar-refractivity contribution in [3.63, 3.8) is 0 Å². The van der Waals surface area contributed by atoms with E-state index >= 15 is 0 Å². The van der Waals surface area contributed by atoms with Crippen molar-refractivity contribution in [3.8, 4) is 0 Å². The minimum atomic E-state index is 0.880. The highest BCUT2D eigenvalue weighted by atomic mass is 32.1. The van der Waals surface area contributed by atoms with Crippen LogP contribution in [0.15, 0.2) is 42.0 Å². The van der Waals surface area contributed by atoms with Crippen LogP contribution in [0.3, 0.4) is 0 Å². The molecule has 0 fully saturated rings. The van der Waals surface area contributed by atoms with Crippen molar-refractivity contribution in [2.24, 2.45) is 0 Å². The molecule has 5 heteroatoms. The van der Waals surface area contributed by atoms with Crippen LogP contribution in [0.4, 0.5) is 11.5 Å². The highest BCUT2D eigenvalue weighted by molar-refractivity contribution is 7.16. The lowest BCUT2D eigenvalue weighted by Gasteiger charge is -2.21. The highest BCUT2D eigenvalue weighted by Gasteiger charge is 2.17. The summed E-state index contributed by atoms with van der Waals surface area (Å²) in [4.78, 5) is 12.2. The number of fused-ring (bicyclic) bond motifs is 2. The van der Waals surface area contributed by atoms with Crippen LogP contribution >= 0.6 is 11.3 Å². The Morgan fingerprint density at radius 2 is 2.10 bits per heavy atom. The van der Waals surface area contributed by atoms with Crippen LogP contribution < -0.4 is 10.2 Å². The van der Waals surface area contributed by atoms with Gasteiger partial charge in [0.05, 0.1) is 5.39 Å². The van der Waals surface area contributed by atoms with E-state index in [4.69, 9.17) is 0 Å². The molecule has 1 N–H and O–H groups in total. The molecule has 0 bridgehead atoms. The molecule has 0 spiro atoms. The molecule has 0 unspecified atom stereocenters. The lowest BCUT2D eigenvalue weighted by Crippen LogP contribution is -2.26. The summed E-state index contributed by atoms with van der Waals surface area (Å²) in [6.07, 6.45) is 1.67. The molecule has 1 aliphatic rings. The van der Waals surface area contributed by atoms with E-state index < -0.39 is 0 Å². The summed E-state index contributed by atoms with van der Waals surface area (Å²) in [7, 11) is 0. The van der Waals surface area contributed by atoms with Gasteiger partial charge in [-0.15, -0.1) is 11.3 Å². The number of thiophene rings is 1. The molecule has 0 saturated heterocycles. The third-order valence-electron chi connectivity index (χ3n) is 3.62. The van der Waals surface area contributed by atoms with Crippen LogP contribution in [-0.4, -0.2) is 23.1 Å². The van der Waals surface area contributed by atoms with Crippen LogP contribution in [0.5, 0.6) is 0 Å². The van der Waals surface area contributed by atoms with Gasteiger partial charge in [0, 0.05) is 25.3 Å². The molecule has 0 saturated carbocycles. The van der Waals surface area contributed by atoms with E-state index in [1.165, 1.54) is 11.3 Å². The molecule has 4 nitrogen and oxygen atoms in total. The number of hydrogen-bond acceptors (Lipinski definition) is 5. The Morgan fingerprint density at radius 1 is 1.15 bits per heavy atom. The zero-order valence-corrected chi connectivity index (χ0v) is 11.7. The third kappa shape index (κ3) is 1.91. The van der Waals surface area contributed by atoms with E-state index in [9.17, 15) is 0 Å². The fraction of sp³-hybridized carbons (Fsp3) is 0.200. The Morgan fingerprint density at radius 3 is 3.10 bits per heavy atom. The van der Waals surface area contributed by atoms with Crippen molar-refractivity contribution < 1.29 is 0 Å². The minimum absolute atomic E-state index is 0.880. The maximum absolute atomic E-state index is 4.51. The first-order chi connectivity index (χ1) is 9.92. The fourth-order valence-corrected chi connectivity index (χ4v) is 3.38. The minimum Gasteiger partial charge on any atom is -0.383 e. The Hall–Kier alpha value is -2.14. The zero-order valence-electron chi connectivity index (χ0n) is 10.9. The highest BCUT2D eigenvalue weighted by Crippen LogP contribution is 2.29. The largest absolute Gasteiger partial charge is 0.383 e. The van der Waals surface area contributed by atoms with Gasteiger partial charge in [-0.3, -0.25) is 0 Å². The second kappa shape index (κ2) is 4.76. The predicted molar refractivity (Wildman–Crippen MR) is 83.4 cm³/mol. The fourth-order valence-electron chi connectivity index (χ4n) is 2.65. The number of anilines is 2. The number of aromatic nitrogens is 2. The summed E-state index contributed by atoms with van der Waals surface area (Å²) < 4.78 is 0. The average Bonchev–Trinajstić information content (AvgIpc) is 2.86. The standard InChI is InChI=1S/C15H14N4S/c1-2-4-13-11(3-1)9-19(7-6-16-13)14-12-5-8-20-15(12)18-10-17-14/h1-5,8,10,16H,6-7,9H2. The maximum atomic E-state index is 4.51. The van der Waals surface area contributed by atoms with Crippen LogP contribution in [0.2, 0.25) is 0 Å². The lowest BCUT2D eigenvalue weighted by molar-refractivity contribution is 0.814. The van der Waals surface area contributed by atoms with Gasteiger partial charge < -0.3 is 10.2 Å². The second-order valence-corrected chi connectivity index (χ2v) is 5.74. The van der Waals surface area contributed by atoms with E-state index in [-0.39, 0.29) is 0 Å². The van der Waals surface area contributed by atoms with Crippen molar-refractivity contribution in [2.75, 3.05) is 23.3 Å². The quantitative estimate of drug-likeness (QED) is 0.744. The summed E-state index contributed by atoms with van der Waals surface area (Å²) in [5.74, 6) is 1.04. The van der Waals surface area contributed by atoms with Crippen molar-refractivity contribution >= 4 is 33.1 Å². The second-order valence-electron chi connectivity index (χ2n) is 4.84. The molecule has 1 aliphatic heterocycles. The monoisotopic (exact) mass is 282 g/mol. The number of nitrogens with one attached hydrogen (secondary N) is 1. The summed E-state index contributed by atoms with van der Waals surface area (Å²) in [6.45, 7) is 2.74. The molecule has 1 aromatic carbocycles. The smallest absolute Gasteiger partial charge is 0.141 e. The first kappa shape index (κ1) is 11.7. The van der Waals surface area contributed by atoms with Crippen molar-refractivity contribution in [3.05, 3.63) is 47.6 Å². The van der Waals surface area contributed by atoms with Gasteiger partial charge in [-0.2, -0.15) is 0 Å². The maximum Gasteiger partial charge on any atom is 0.141 e. The van der Waals surface area contributed by atoms with E-state index in [0.29, 0.717) is 0 Å². The normalized spacial score (nSPS) is 14.7.